The molecular formula is C13H25N3O2. The first-order valence-electron chi connectivity index (χ1n) is 6.75. The number of hydrogen-bond acceptors (Lipinski definition) is 3. The molecule has 1 rings (SSSR count). The third kappa shape index (κ3) is 4.29. The van der Waals surface area contributed by atoms with E-state index in [1.807, 2.05) is 6.92 Å². The monoisotopic (exact) mass is 255 g/mol. The smallest absolute Gasteiger partial charge is 0.237 e. The van der Waals surface area contributed by atoms with Crippen molar-refractivity contribution in [2.24, 2.45) is 5.41 Å². The first kappa shape index (κ1) is 15.0. The fourth-order valence-electron chi connectivity index (χ4n) is 2.35. The first-order chi connectivity index (χ1) is 8.47. The molecule has 0 bridgehead atoms. The Hall–Kier alpha value is -1.10. The SMILES string of the molecule is CCNC(=O)CCNC(=O)C1NCCCC1(C)C. The number of nitrogens with one attached hydrogen (secondary N) is 3. The van der Waals surface area contributed by atoms with E-state index >= 15 is 0 Å². The van der Waals surface area contributed by atoms with Gasteiger partial charge in [0.15, 0.2) is 0 Å². The molecule has 18 heavy (non-hydrogen) atoms. The molecule has 0 radical (unpaired) electrons. The topological polar surface area (TPSA) is 70.2 Å². The summed E-state index contributed by atoms with van der Waals surface area (Å²) in [5, 5.41) is 8.80. The maximum atomic E-state index is 12.0. The van der Waals surface area contributed by atoms with Gasteiger partial charge in [0.2, 0.25) is 11.8 Å². The molecule has 0 saturated carbocycles. The van der Waals surface area contributed by atoms with Crippen molar-refractivity contribution in [3.63, 3.8) is 0 Å². The van der Waals surface area contributed by atoms with Crippen molar-refractivity contribution in [3.05, 3.63) is 0 Å². The number of rotatable bonds is 5. The second-order valence-electron chi connectivity index (χ2n) is 5.47. The van der Waals surface area contributed by atoms with Crippen LogP contribution in [0.15, 0.2) is 0 Å². The highest BCUT2D eigenvalue weighted by Gasteiger charge is 2.36. The maximum Gasteiger partial charge on any atom is 0.237 e. The second kappa shape index (κ2) is 6.73. The molecule has 1 atom stereocenters. The molecule has 1 heterocycles. The minimum absolute atomic E-state index is 0.00370. The van der Waals surface area contributed by atoms with Crippen molar-refractivity contribution in [1.29, 1.82) is 0 Å². The van der Waals surface area contributed by atoms with Gasteiger partial charge < -0.3 is 16.0 Å². The molecule has 1 saturated heterocycles. The molecule has 2 amide bonds. The molecule has 0 aliphatic carbocycles. The van der Waals surface area contributed by atoms with Gasteiger partial charge in [0, 0.05) is 19.5 Å². The normalized spacial score (nSPS) is 22.3. The first-order valence-corrected chi connectivity index (χ1v) is 6.75. The third-order valence-corrected chi connectivity index (χ3v) is 3.42. The average molecular weight is 255 g/mol. The summed E-state index contributed by atoms with van der Waals surface area (Å²) in [6, 6.07) is -0.152. The third-order valence-electron chi connectivity index (χ3n) is 3.42. The minimum Gasteiger partial charge on any atom is -0.356 e. The molecule has 5 heteroatoms. The Bertz CT molecular complexity index is 303. The molecular weight excluding hydrogens is 230 g/mol. The number of amides is 2. The van der Waals surface area contributed by atoms with Crippen LogP contribution in [0.25, 0.3) is 0 Å². The zero-order valence-corrected chi connectivity index (χ0v) is 11.6. The van der Waals surface area contributed by atoms with Crippen LogP contribution < -0.4 is 16.0 Å². The summed E-state index contributed by atoms with van der Waals surface area (Å²) in [6.07, 6.45) is 2.50. The molecule has 1 unspecified atom stereocenters. The van der Waals surface area contributed by atoms with Crippen molar-refractivity contribution in [1.82, 2.24) is 16.0 Å². The number of piperidine rings is 1. The van der Waals surface area contributed by atoms with Gasteiger partial charge in [-0.2, -0.15) is 0 Å². The Morgan fingerprint density at radius 1 is 1.33 bits per heavy atom. The standard InChI is InChI=1S/C13H25N3O2/c1-4-14-10(17)6-9-16-12(18)11-13(2,3)7-5-8-15-11/h11,15H,4-9H2,1-3H3,(H,14,17)(H,16,18). The van der Waals surface area contributed by atoms with E-state index in [2.05, 4.69) is 29.8 Å². The minimum atomic E-state index is -0.152. The van der Waals surface area contributed by atoms with E-state index in [1.165, 1.54) is 0 Å². The zero-order chi connectivity index (χ0) is 13.6. The highest BCUT2D eigenvalue weighted by Crippen LogP contribution is 2.29. The lowest BCUT2D eigenvalue weighted by molar-refractivity contribution is -0.127. The Morgan fingerprint density at radius 3 is 2.67 bits per heavy atom. The van der Waals surface area contributed by atoms with Gasteiger partial charge in [0.05, 0.1) is 6.04 Å². The van der Waals surface area contributed by atoms with Crippen molar-refractivity contribution in [3.8, 4) is 0 Å². The molecule has 0 spiro atoms. The van der Waals surface area contributed by atoms with E-state index < -0.39 is 0 Å². The van der Waals surface area contributed by atoms with Gasteiger partial charge in [-0.05, 0) is 31.7 Å². The van der Waals surface area contributed by atoms with Crippen molar-refractivity contribution < 1.29 is 9.59 Å². The molecule has 104 valence electrons. The van der Waals surface area contributed by atoms with Crippen LogP contribution in [0.1, 0.15) is 40.0 Å². The van der Waals surface area contributed by atoms with E-state index in [-0.39, 0.29) is 23.3 Å². The number of carbonyl (C=O) groups excluding carboxylic acids is 2. The fourth-order valence-corrected chi connectivity index (χ4v) is 2.35. The quantitative estimate of drug-likeness (QED) is 0.666. The van der Waals surface area contributed by atoms with Crippen LogP contribution in [-0.2, 0) is 9.59 Å². The van der Waals surface area contributed by atoms with Gasteiger partial charge in [-0.15, -0.1) is 0 Å². The molecule has 1 fully saturated rings. The molecule has 0 aromatic rings. The lowest BCUT2D eigenvalue weighted by atomic mass is 9.77. The van der Waals surface area contributed by atoms with Crippen molar-refractivity contribution >= 4 is 11.8 Å². The lowest BCUT2D eigenvalue weighted by Gasteiger charge is -2.38. The fraction of sp³-hybridized carbons (Fsp3) is 0.846. The van der Waals surface area contributed by atoms with Crippen LogP contribution in [-0.4, -0.2) is 37.5 Å². The highest BCUT2D eigenvalue weighted by molar-refractivity contribution is 5.83. The summed E-state index contributed by atoms with van der Waals surface area (Å²) in [7, 11) is 0. The predicted molar refractivity (Wildman–Crippen MR) is 71.1 cm³/mol. The van der Waals surface area contributed by atoms with Gasteiger partial charge in [-0.25, -0.2) is 0 Å². The number of carbonyl (C=O) groups is 2. The van der Waals surface area contributed by atoms with E-state index in [1.54, 1.807) is 0 Å². The highest BCUT2D eigenvalue weighted by atomic mass is 16.2. The van der Waals surface area contributed by atoms with Crippen LogP contribution in [0.4, 0.5) is 0 Å². The lowest BCUT2D eigenvalue weighted by Crippen LogP contribution is -2.55. The van der Waals surface area contributed by atoms with E-state index in [4.69, 9.17) is 0 Å². The summed E-state index contributed by atoms with van der Waals surface area (Å²) >= 11 is 0. The summed E-state index contributed by atoms with van der Waals surface area (Å²) in [5.74, 6) is -0.0161. The van der Waals surface area contributed by atoms with Crippen LogP contribution in [0.5, 0.6) is 0 Å². The molecule has 0 aromatic carbocycles. The molecule has 1 aliphatic rings. The largest absolute Gasteiger partial charge is 0.356 e. The summed E-state index contributed by atoms with van der Waals surface area (Å²) in [6.45, 7) is 8.01. The van der Waals surface area contributed by atoms with Gasteiger partial charge in [0.25, 0.3) is 0 Å². The van der Waals surface area contributed by atoms with Gasteiger partial charge in [-0.1, -0.05) is 13.8 Å². The second-order valence-corrected chi connectivity index (χ2v) is 5.47. The average Bonchev–Trinajstić information content (AvgIpc) is 2.28. The predicted octanol–water partition coefficient (Wildman–Crippen LogP) is 0.407. The van der Waals surface area contributed by atoms with Crippen LogP contribution in [0, 0.1) is 5.41 Å². The Balaban J connectivity index is 2.34. The van der Waals surface area contributed by atoms with Gasteiger partial charge >= 0.3 is 0 Å². The van der Waals surface area contributed by atoms with Crippen molar-refractivity contribution in [2.45, 2.75) is 46.1 Å². The number of hydrogen-bond donors (Lipinski definition) is 3. The summed E-state index contributed by atoms with van der Waals surface area (Å²) < 4.78 is 0. The molecule has 0 aromatic heterocycles. The summed E-state index contributed by atoms with van der Waals surface area (Å²) in [5.41, 5.74) is -0.0198. The molecule has 3 N–H and O–H groups in total. The van der Waals surface area contributed by atoms with Gasteiger partial charge in [0.1, 0.15) is 0 Å². The molecule has 5 nitrogen and oxygen atoms in total. The Labute approximate surface area is 109 Å². The van der Waals surface area contributed by atoms with E-state index in [9.17, 15) is 9.59 Å². The van der Waals surface area contributed by atoms with E-state index in [0.717, 1.165) is 19.4 Å². The van der Waals surface area contributed by atoms with Crippen LogP contribution in [0.3, 0.4) is 0 Å². The maximum absolute atomic E-state index is 12.0. The van der Waals surface area contributed by atoms with Crippen LogP contribution >= 0.6 is 0 Å². The molecule has 1 aliphatic heterocycles. The van der Waals surface area contributed by atoms with Crippen molar-refractivity contribution in [2.75, 3.05) is 19.6 Å². The summed E-state index contributed by atoms with van der Waals surface area (Å²) in [4.78, 5) is 23.3. The van der Waals surface area contributed by atoms with E-state index in [0.29, 0.717) is 19.5 Å². The zero-order valence-electron chi connectivity index (χ0n) is 11.6. The Morgan fingerprint density at radius 2 is 2.06 bits per heavy atom. The van der Waals surface area contributed by atoms with Crippen LogP contribution in [0.2, 0.25) is 0 Å². The van der Waals surface area contributed by atoms with Gasteiger partial charge in [-0.3, -0.25) is 9.59 Å². The Kier molecular flexibility index (Phi) is 5.59.